The largest absolute Gasteiger partial charge is 0.337 e. The zero-order valence-electron chi connectivity index (χ0n) is 9.65. The van der Waals surface area contributed by atoms with Crippen LogP contribution < -0.4 is 5.32 Å². The van der Waals surface area contributed by atoms with E-state index in [9.17, 15) is 0 Å². The van der Waals surface area contributed by atoms with Gasteiger partial charge in [-0.3, -0.25) is 0 Å². The number of thioether (sulfide) groups is 1. The molecule has 0 saturated heterocycles. The molecule has 1 heterocycles. The Hall–Kier alpha value is -0.480. The maximum Gasteiger partial charge on any atom is 0.0945 e. The molecule has 0 bridgehead atoms. The van der Waals surface area contributed by atoms with Crippen LogP contribution in [-0.2, 0) is 6.54 Å². The van der Waals surface area contributed by atoms with Crippen LogP contribution in [0.15, 0.2) is 18.7 Å². The SMILES string of the molecule is CCC(CSC)NCCCn1ccnc1. The molecule has 86 valence electrons. The van der Waals surface area contributed by atoms with Crippen LogP contribution in [0.3, 0.4) is 0 Å². The van der Waals surface area contributed by atoms with Crippen LogP contribution in [-0.4, -0.2) is 34.1 Å². The second-order valence-corrected chi connectivity index (χ2v) is 4.58. The smallest absolute Gasteiger partial charge is 0.0945 e. The molecule has 1 aromatic rings. The van der Waals surface area contributed by atoms with Gasteiger partial charge in [0.2, 0.25) is 0 Å². The van der Waals surface area contributed by atoms with Gasteiger partial charge < -0.3 is 9.88 Å². The van der Waals surface area contributed by atoms with Gasteiger partial charge >= 0.3 is 0 Å². The quantitative estimate of drug-likeness (QED) is 0.689. The van der Waals surface area contributed by atoms with Gasteiger partial charge in [0.25, 0.3) is 0 Å². The van der Waals surface area contributed by atoms with Crippen molar-refractivity contribution in [1.82, 2.24) is 14.9 Å². The number of hydrogen-bond donors (Lipinski definition) is 1. The van der Waals surface area contributed by atoms with Gasteiger partial charge in [0.1, 0.15) is 0 Å². The average molecular weight is 227 g/mol. The Kier molecular flexibility index (Phi) is 6.52. The van der Waals surface area contributed by atoms with Crippen LogP contribution in [0.25, 0.3) is 0 Å². The molecule has 0 aliphatic rings. The van der Waals surface area contributed by atoms with Gasteiger partial charge in [0, 0.05) is 30.7 Å². The lowest BCUT2D eigenvalue weighted by Crippen LogP contribution is -2.31. The van der Waals surface area contributed by atoms with Crippen molar-refractivity contribution in [3.8, 4) is 0 Å². The third-order valence-corrected chi connectivity index (χ3v) is 3.18. The number of imidazole rings is 1. The molecular weight excluding hydrogens is 206 g/mol. The zero-order chi connectivity index (χ0) is 10.9. The highest BCUT2D eigenvalue weighted by Crippen LogP contribution is 2.01. The fraction of sp³-hybridized carbons (Fsp3) is 0.727. The van der Waals surface area contributed by atoms with Crippen molar-refractivity contribution >= 4 is 11.8 Å². The number of rotatable bonds is 8. The predicted octanol–water partition coefficient (Wildman–Crippen LogP) is 2.00. The Labute approximate surface area is 96.7 Å². The van der Waals surface area contributed by atoms with E-state index in [-0.39, 0.29) is 0 Å². The van der Waals surface area contributed by atoms with Crippen molar-refractivity contribution in [2.75, 3.05) is 18.6 Å². The third-order valence-electron chi connectivity index (χ3n) is 2.45. The first-order valence-electron chi connectivity index (χ1n) is 5.55. The second-order valence-electron chi connectivity index (χ2n) is 3.67. The van der Waals surface area contributed by atoms with E-state index in [0.717, 1.165) is 13.1 Å². The van der Waals surface area contributed by atoms with E-state index in [1.807, 2.05) is 30.5 Å². The summed E-state index contributed by atoms with van der Waals surface area (Å²) in [5.41, 5.74) is 0. The van der Waals surface area contributed by atoms with E-state index in [1.54, 1.807) is 0 Å². The number of aromatic nitrogens is 2. The van der Waals surface area contributed by atoms with Crippen molar-refractivity contribution in [3.05, 3.63) is 18.7 Å². The summed E-state index contributed by atoms with van der Waals surface area (Å²) in [6.07, 6.45) is 10.3. The topological polar surface area (TPSA) is 29.9 Å². The molecule has 0 amide bonds. The molecule has 3 nitrogen and oxygen atoms in total. The number of aryl methyl sites for hydroxylation is 1. The maximum absolute atomic E-state index is 4.02. The Bertz CT molecular complexity index is 236. The van der Waals surface area contributed by atoms with Gasteiger partial charge in [-0.05, 0) is 25.6 Å². The van der Waals surface area contributed by atoms with E-state index >= 15 is 0 Å². The molecule has 15 heavy (non-hydrogen) atoms. The van der Waals surface area contributed by atoms with Crippen molar-refractivity contribution < 1.29 is 0 Å². The van der Waals surface area contributed by atoms with Crippen molar-refractivity contribution in [1.29, 1.82) is 0 Å². The lowest BCUT2D eigenvalue weighted by Gasteiger charge is -2.15. The maximum atomic E-state index is 4.02. The highest BCUT2D eigenvalue weighted by atomic mass is 32.2. The highest BCUT2D eigenvalue weighted by molar-refractivity contribution is 7.98. The molecule has 4 heteroatoms. The van der Waals surface area contributed by atoms with Gasteiger partial charge in [-0.15, -0.1) is 0 Å². The molecule has 0 aliphatic heterocycles. The Morgan fingerprint density at radius 3 is 3.00 bits per heavy atom. The van der Waals surface area contributed by atoms with Crippen molar-refractivity contribution in [2.45, 2.75) is 32.4 Å². The highest BCUT2D eigenvalue weighted by Gasteiger charge is 2.02. The van der Waals surface area contributed by atoms with E-state index in [2.05, 4.69) is 28.0 Å². The standard InChI is InChI=1S/C11H21N3S/c1-3-11(9-15-2)13-5-4-7-14-8-6-12-10-14/h6,8,10-11,13H,3-5,7,9H2,1-2H3. The summed E-state index contributed by atoms with van der Waals surface area (Å²) in [5, 5.41) is 3.58. The molecule has 1 unspecified atom stereocenters. The van der Waals surface area contributed by atoms with Gasteiger partial charge in [0.15, 0.2) is 0 Å². The summed E-state index contributed by atoms with van der Waals surface area (Å²) in [4.78, 5) is 4.02. The van der Waals surface area contributed by atoms with E-state index in [0.29, 0.717) is 6.04 Å². The Morgan fingerprint density at radius 2 is 2.40 bits per heavy atom. The molecule has 0 fully saturated rings. The summed E-state index contributed by atoms with van der Waals surface area (Å²) in [6, 6.07) is 0.669. The average Bonchev–Trinajstić information content (AvgIpc) is 2.75. The Balaban J connectivity index is 2.05. The lowest BCUT2D eigenvalue weighted by atomic mass is 10.2. The number of nitrogens with one attached hydrogen (secondary N) is 1. The van der Waals surface area contributed by atoms with E-state index in [4.69, 9.17) is 0 Å². The molecule has 1 atom stereocenters. The number of hydrogen-bond acceptors (Lipinski definition) is 3. The molecule has 1 rings (SSSR count). The minimum atomic E-state index is 0.669. The van der Waals surface area contributed by atoms with E-state index < -0.39 is 0 Å². The minimum absolute atomic E-state index is 0.669. The summed E-state index contributed by atoms with van der Waals surface area (Å²) in [7, 11) is 0. The van der Waals surface area contributed by atoms with Crippen LogP contribution in [0.1, 0.15) is 19.8 Å². The molecule has 0 aromatic carbocycles. The Morgan fingerprint density at radius 1 is 1.53 bits per heavy atom. The monoisotopic (exact) mass is 227 g/mol. The summed E-state index contributed by atoms with van der Waals surface area (Å²) >= 11 is 1.91. The first-order valence-corrected chi connectivity index (χ1v) is 6.94. The summed E-state index contributed by atoms with van der Waals surface area (Å²) in [6.45, 7) is 4.39. The molecule has 0 saturated carbocycles. The van der Waals surface area contributed by atoms with Crippen LogP contribution in [0.5, 0.6) is 0 Å². The lowest BCUT2D eigenvalue weighted by molar-refractivity contribution is 0.507. The fourth-order valence-corrected chi connectivity index (χ4v) is 2.27. The van der Waals surface area contributed by atoms with Crippen LogP contribution in [0.2, 0.25) is 0 Å². The molecule has 1 aromatic heterocycles. The van der Waals surface area contributed by atoms with Gasteiger partial charge in [-0.1, -0.05) is 6.92 Å². The van der Waals surface area contributed by atoms with Crippen LogP contribution >= 0.6 is 11.8 Å². The normalized spacial score (nSPS) is 12.9. The zero-order valence-corrected chi connectivity index (χ0v) is 10.5. The second kappa shape index (κ2) is 7.77. The van der Waals surface area contributed by atoms with Crippen LogP contribution in [0, 0.1) is 0 Å². The van der Waals surface area contributed by atoms with Crippen molar-refractivity contribution in [3.63, 3.8) is 0 Å². The predicted molar refractivity (Wildman–Crippen MR) is 67.3 cm³/mol. The number of nitrogens with zero attached hydrogens (tertiary/aromatic N) is 2. The third kappa shape index (κ3) is 5.23. The van der Waals surface area contributed by atoms with Gasteiger partial charge in [-0.2, -0.15) is 11.8 Å². The van der Waals surface area contributed by atoms with Crippen molar-refractivity contribution in [2.24, 2.45) is 0 Å². The van der Waals surface area contributed by atoms with Gasteiger partial charge in [-0.25, -0.2) is 4.98 Å². The molecule has 0 aliphatic carbocycles. The molecule has 0 spiro atoms. The van der Waals surface area contributed by atoms with Gasteiger partial charge in [0.05, 0.1) is 6.33 Å². The first kappa shape index (κ1) is 12.6. The van der Waals surface area contributed by atoms with Crippen LogP contribution in [0.4, 0.5) is 0 Å². The summed E-state index contributed by atoms with van der Waals surface area (Å²) in [5.74, 6) is 1.21. The molecule has 0 radical (unpaired) electrons. The fourth-order valence-electron chi connectivity index (χ4n) is 1.51. The minimum Gasteiger partial charge on any atom is -0.337 e. The molecule has 1 N–H and O–H groups in total. The van der Waals surface area contributed by atoms with E-state index in [1.165, 1.54) is 18.6 Å². The first-order chi connectivity index (χ1) is 7.36. The molecular formula is C11H21N3S. The summed E-state index contributed by atoms with van der Waals surface area (Å²) < 4.78 is 2.12.